The predicted molar refractivity (Wildman–Crippen MR) is 95.2 cm³/mol. The maximum atomic E-state index is 4.62. The molecule has 0 aliphatic carbocycles. The maximum absolute atomic E-state index is 4.62. The lowest BCUT2D eigenvalue weighted by Crippen LogP contribution is -2.30. The van der Waals surface area contributed by atoms with E-state index in [0.29, 0.717) is 0 Å². The van der Waals surface area contributed by atoms with Crippen molar-refractivity contribution in [2.24, 2.45) is 0 Å². The van der Waals surface area contributed by atoms with E-state index in [1.165, 1.54) is 35.6 Å². The molecule has 1 aromatic heterocycles. The van der Waals surface area contributed by atoms with Gasteiger partial charge in [0.1, 0.15) is 5.82 Å². The topological polar surface area (TPSA) is 16.1 Å². The van der Waals surface area contributed by atoms with E-state index in [-0.39, 0.29) is 0 Å². The van der Waals surface area contributed by atoms with Gasteiger partial charge in [-0.2, -0.15) is 0 Å². The number of hydrogen-bond acceptors (Lipinski definition) is 2. The van der Waals surface area contributed by atoms with Crippen LogP contribution in [0.15, 0.2) is 30.5 Å². The van der Waals surface area contributed by atoms with Gasteiger partial charge in [0.05, 0.1) is 0 Å². The molecule has 1 aliphatic rings. The van der Waals surface area contributed by atoms with E-state index in [2.05, 4.69) is 41.1 Å². The zero-order valence-corrected chi connectivity index (χ0v) is 14.3. The molecule has 0 spiro atoms. The normalized spacial score (nSPS) is 13.9. The summed E-state index contributed by atoms with van der Waals surface area (Å²) in [6.07, 6.45) is 5.98. The average Bonchev–Trinajstić information content (AvgIpc) is 2.59. The molecule has 2 heteroatoms. The third kappa shape index (κ3) is 4.45. The van der Waals surface area contributed by atoms with Gasteiger partial charge in [0.2, 0.25) is 0 Å². The molecule has 1 saturated heterocycles. The van der Waals surface area contributed by atoms with Crippen LogP contribution in [0.2, 0.25) is 0 Å². The van der Waals surface area contributed by atoms with Gasteiger partial charge in [0.15, 0.2) is 0 Å². The van der Waals surface area contributed by atoms with Gasteiger partial charge in [0, 0.05) is 24.7 Å². The van der Waals surface area contributed by atoms with Crippen LogP contribution in [-0.2, 0) is 0 Å². The third-order valence-corrected chi connectivity index (χ3v) is 3.65. The average molecular weight is 286 g/mol. The molecule has 3 rings (SSSR count). The highest BCUT2D eigenvalue weighted by molar-refractivity contribution is 5.86. The standard InChI is InChI=1S/C15H18N2.2C2H6/c1-12-6-5-7-13-10-15(16-11-14(12)13)17-8-3-2-4-9-17;2*1-2/h5-7,10-11H,2-4,8-9H2,1H3;2*1-2H3. The molecule has 0 N–H and O–H groups in total. The summed E-state index contributed by atoms with van der Waals surface area (Å²) in [5.41, 5.74) is 1.31. The van der Waals surface area contributed by atoms with Crippen LogP contribution in [0.25, 0.3) is 10.8 Å². The van der Waals surface area contributed by atoms with Crippen LogP contribution in [0, 0.1) is 6.92 Å². The number of aryl methyl sites for hydroxylation is 1. The number of piperidine rings is 1. The SMILES string of the molecule is CC.CC.Cc1cccc2cc(N3CCCCC3)ncc12. The first-order valence-corrected chi connectivity index (χ1v) is 8.45. The van der Waals surface area contributed by atoms with Gasteiger partial charge >= 0.3 is 0 Å². The van der Waals surface area contributed by atoms with E-state index in [1.807, 2.05) is 33.9 Å². The first-order valence-electron chi connectivity index (χ1n) is 8.45. The van der Waals surface area contributed by atoms with Crippen molar-refractivity contribution in [2.75, 3.05) is 18.0 Å². The van der Waals surface area contributed by atoms with Crippen molar-refractivity contribution < 1.29 is 0 Å². The Morgan fingerprint density at radius 1 is 0.952 bits per heavy atom. The van der Waals surface area contributed by atoms with Gasteiger partial charge < -0.3 is 4.90 Å². The van der Waals surface area contributed by atoms with Crippen molar-refractivity contribution in [3.8, 4) is 0 Å². The van der Waals surface area contributed by atoms with E-state index in [1.54, 1.807) is 0 Å². The summed E-state index contributed by atoms with van der Waals surface area (Å²) >= 11 is 0. The monoisotopic (exact) mass is 286 g/mol. The molecule has 2 nitrogen and oxygen atoms in total. The molecule has 21 heavy (non-hydrogen) atoms. The molecular formula is C19H30N2. The van der Waals surface area contributed by atoms with Gasteiger partial charge in [-0.3, -0.25) is 0 Å². The Labute approximate surface area is 130 Å². The summed E-state index contributed by atoms with van der Waals surface area (Å²) in [4.78, 5) is 7.03. The molecule has 0 amide bonds. The van der Waals surface area contributed by atoms with E-state index < -0.39 is 0 Å². The summed E-state index contributed by atoms with van der Waals surface area (Å²) in [6, 6.07) is 8.67. The summed E-state index contributed by atoms with van der Waals surface area (Å²) in [7, 11) is 0. The predicted octanol–water partition coefficient (Wildman–Crippen LogP) is 5.59. The van der Waals surface area contributed by atoms with E-state index in [0.717, 1.165) is 18.9 Å². The van der Waals surface area contributed by atoms with Gasteiger partial charge in [-0.15, -0.1) is 0 Å². The Bertz CT molecular complexity index is 528. The van der Waals surface area contributed by atoms with Crippen LogP contribution in [0.3, 0.4) is 0 Å². The number of nitrogens with zero attached hydrogens (tertiary/aromatic N) is 2. The smallest absolute Gasteiger partial charge is 0.129 e. The molecule has 1 aromatic carbocycles. The van der Waals surface area contributed by atoms with Crippen molar-refractivity contribution in [1.29, 1.82) is 0 Å². The van der Waals surface area contributed by atoms with Crippen LogP contribution in [0.4, 0.5) is 5.82 Å². The van der Waals surface area contributed by atoms with Crippen molar-refractivity contribution in [1.82, 2.24) is 4.98 Å². The molecule has 2 aromatic rings. The van der Waals surface area contributed by atoms with E-state index in [9.17, 15) is 0 Å². The number of hydrogen-bond donors (Lipinski definition) is 0. The quantitative estimate of drug-likeness (QED) is 0.679. The van der Waals surface area contributed by atoms with Gasteiger partial charge in [-0.05, 0) is 43.2 Å². The fourth-order valence-corrected chi connectivity index (χ4v) is 2.61. The zero-order chi connectivity index (χ0) is 15.7. The number of rotatable bonds is 1. The fourth-order valence-electron chi connectivity index (χ4n) is 2.61. The van der Waals surface area contributed by atoms with Crippen molar-refractivity contribution in [2.45, 2.75) is 53.9 Å². The molecule has 1 fully saturated rings. The molecule has 1 aliphatic heterocycles. The molecule has 0 bridgehead atoms. The van der Waals surface area contributed by atoms with Gasteiger partial charge in [-0.1, -0.05) is 45.9 Å². The van der Waals surface area contributed by atoms with Crippen LogP contribution >= 0.6 is 0 Å². The van der Waals surface area contributed by atoms with Crippen molar-refractivity contribution >= 4 is 16.6 Å². The minimum absolute atomic E-state index is 1.14. The van der Waals surface area contributed by atoms with Crippen molar-refractivity contribution in [3.05, 3.63) is 36.0 Å². The lowest BCUT2D eigenvalue weighted by molar-refractivity contribution is 0.574. The van der Waals surface area contributed by atoms with Crippen LogP contribution in [0.5, 0.6) is 0 Å². The maximum Gasteiger partial charge on any atom is 0.129 e. The number of fused-ring (bicyclic) bond motifs is 1. The third-order valence-electron chi connectivity index (χ3n) is 3.65. The van der Waals surface area contributed by atoms with E-state index in [4.69, 9.17) is 0 Å². The highest BCUT2D eigenvalue weighted by Gasteiger charge is 2.12. The highest BCUT2D eigenvalue weighted by atomic mass is 15.2. The largest absolute Gasteiger partial charge is 0.357 e. The minimum atomic E-state index is 1.14. The Hall–Kier alpha value is -1.57. The zero-order valence-electron chi connectivity index (χ0n) is 14.3. The Morgan fingerprint density at radius 2 is 1.62 bits per heavy atom. The molecule has 0 saturated carbocycles. The molecule has 116 valence electrons. The second kappa shape index (κ2) is 9.38. The van der Waals surface area contributed by atoms with Crippen LogP contribution in [0.1, 0.15) is 52.5 Å². The Kier molecular flexibility index (Phi) is 7.81. The Balaban J connectivity index is 0.000000510. The Morgan fingerprint density at radius 3 is 2.29 bits per heavy atom. The van der Waals surface area contributed by atoms with Gasteiger partial charge in [0.25, 0.3) is 0 Å². The fraction of sp³-hybridized carbons (Fsp3) is 0.526. The van der Waals surface area contributed by atoms with Gasteiger partial charge in [-0.25, -0.2) is 4.98 Å². The summed E-state index contributed by atoms with van der Waals surface area (Å²) in [5, 5.41) is 2.58. The molecule has 0 radical (unpaired) electrons. The molecule has 0 unspecified atom stereocenters. The molecular weight excluding hydrogens is 256 g/mol. The summed E-state index contributed by atoms with van der Waals surface area (Å²) in [5.74, 6) is 1.14. The van der Waals surface area contributed by atoms with E-state index >= 15 is 0 Å². The van der Waals surface area contributed by atoms with Crippen LogP contribution in [-0.4, -0.2) is 18.1 Å². The number of pyridine rings is 1. The minimum Gasteiger partial charge on any atom is -0.357 e. The van der Waals surface area contributed by atoms with Crippen LogP contribution < -0.4 is 4.90 Å². The number of aromatic nitrogens is 1. The second-order valence-electron chi connectivity index (χ2n) is 4.89. The molecule has 0 atom stereocenters. The lowest BCUT2D eigenvalue weighted by atomic mass is 10.1. The molecule has 2 heterocycles. The number of benzene rings is 1. The lowest BCUT2D eigenvalue weighted by Gasteiger charge is -2.27. The summed E-state index contributed by atoms with van der Waals surface area (Å²) < 4.78 is 0. The second-order valence-corrected chi connectivity index (χ2v) is 4.89. The summed E-state index contributed by atoms with van der Waals surface area (Å²) in [6.45, 7) is 12.5. The first kappa shape index (κ1) is 17.5. The van der Waals surface area contributed by atoms with Crippen molar-refractivity contribution in [3.63, 3.8) is 0 Å². The first-order chi connectivity index (χ1) is 10.3. The highest BCUT2D eigenvalue weighted by Crippen LogP contribution is 2.23. The number of anilines is 1.